The van der Waals surface area contributed by atoms with Gasteiger partial charge in [-0.3, -0.25) is 14.6 Å². The highest BCUT2D eigenvalue weighted by atomic mass is 16.4. The topological polar surface area (TPSA) is 43.8 Å². The van der Waals surface area contributed by atoms with E-state index in [0.717, 1.165) is 26.1 Å². The van der Waals surface area contributed by atoms with Gasteiger partial charge in [0.1, 0.15) is 0 Å². The predicted molar refractivity (Wildman–Crippen MR) is 88.8 cm³/mol. The molecule has 0 aromatic heterocycles. The van der Waals surface area contributed by atoms with E-state index >= 15 is 0 Å². The zero-order valence-corrected chi connectivity index (χ0v) is 13.7. The molecule has 1 aliphatic rings. The van der Waals surface area contributed by atoms with Crippen molar-refractivity contribution < 1.29 is 9.90 Å². The molecule has 1 aliphatic heterocycles. The average Bonchev–Trinajstić information content (AvgIpc) is 2.49. The molecule has 1 atom stereocenters. The monoisotopic (exact) mass is 304 g/mol. The minimum atomic E-state index is -0.737. The summed E-state index contributed by atoms with van der Waals surface area (Å²) < 4.78 is 0. The van der Waals surface area contributed by atoms with Crippen LogP contribution in [0.2, 0.25) is 0 Å². The number of hydrogen-bond acceptors (Lipinski definition) is 3. The molecule has 0 spiro atoms. The molecule has 122 valence electrons. The van der Waals surface area contributed by atoms with Crippen LogP contribution < -0.4 is 0 Å². The Kier molecular flexibility index (Phi) is 6.40. The van der Waals surface area contributed by atoms with Crippen molar-refractivity contribution in [3.05, 3.63) is 35.9 Å². The summed E-state index contributed by atoms with van der Waals surface area (Å²) in [6.07, 6.45) is 3.65. The maximum Gasteiger partial charge on any atom is 0.317 e. The SMILES string of the molecule is CC(C)N(CC(=O)O)CC1CCCCN1Cc1ccccc1. The minimum Gasteiger partial charge on any atom is -0.480 e. The Bertz CT molecular complexity index is 461. The molecule has 0 saturated carbocycles. The molecule has 1 N–H and O–H groups in total. The standard InChI is InChI=1S/C18H28N2O2/c1-15(2)20(14-18(21)22)13-17-10-6-7-11-19(17)12-16-8-4-3-5-9-16/h3-5,8-9,15,17H,6-7,10-14H2,1-2H3,(H,21,22). The second-order valence-electron chi connectivity index (χ2n) is 6.52. The average molecular weight is 304 g/mol. The Labute approximate surface area is 133 Å². The van der Waals surface area contributed by atoms with E-state index in [9.17, 15) is 4.79 Å². The molecule has 0 amide bonds. The Morgan fingerprint density at radius 2 is 2.05 bits per heavy atom. The molecule has 2 rings (SSSR count). The molecule has 1 saturated heterocycles. The zero-order valence-electron chi connectivity index (χ0n) is 13.7. The fraction of sp³-hybridized carbons (Fsp3) is 0.611. The minimum absolute atomic E-state index is 0.132. The molecular formula is C18H28N2O2. The van der Waals surface area contributed by atoms with Gasteiger partial charge in [0.05, 0.1) is 6.54 Å². The van der Waals surface area contributed by atoms with Gasteiger partial charge < -0.3 is 5.11 Å². The van der Waals surface area contributed by atoms with Crippen LogP contribution in [0.15, 0.2) is 30.3 Å². The first-order chi connectivity index (χ1) is 10.6. The summed E-state index contributed by atoms with van der Waals surface area (Å²) in [4.78, 5) is 15.7. The molecule has 1 fully saturated rings. The Morgan fingerprint density at radius 1 is 1.32 bits per heavy atom. The van der Waals surface area contributed by atoms with Crippen LogP contribution in [0, 0.1) is 0 Å². The van der Waals surface area contributed by atoms with Crippen molar-refractivity contribution in [1.82, 2.24) is 9.80 Å². The second kappa shape index (κ2) is 8.30. The van der Waals surface area contributed by atoms with Gasteiger partial charge in [-0.1, -0.05) is 36.8 Å². The number of likely N-dealkylation sites (tertiary alicyclic amines) is 1. The number of carboxylic acids is 1. The van der Waals surface area contributed by atoms with Crippen molar-refractivity contribution in [2.75, 3.05) is 19.6 Å². The van der Waals surface area contributed by atoms with Crippen molar-refractivity contribution in [3.8, 4) is 0 Å². The van der Waals surface area contributed by atoms with Crippen LogP contribution in [-0.4, -0.2) is 52.6 Å². The van der Waals surface area contributed by atoms with Gasteiger partial charge in [0.2, 0.25) is 0 Å². The molecule has 1 heterocycles. The number of carbonyl (C=O) groups is 1. The van der Waals surface area contributed by atoms with Gasteiger partial charge in [-0.2, -0.15) is 0 Å². The summed E-state index contributed by atoms with van der Waals surface area (Å²) in [5.74, 6) is -0.737. The van der Waals surface area contributed by atoms with Crippen molar-refractivity contribution in [2.24, 2.45) is 0 Å². The van der Waals surface area contributed by atoms with E-state index < -0.39 is 5.97 Å². The maximum atomic E-state index is 11.1. The van der Waals surface area contributed by atoms with Crippen LogP contribution in [0.4, 0.5) is 0 Å². The number of benzene rings is 1. The molecule has 22 heavy (non-hydrogen) atoms. The van der Waals surface area contributed by atoms with Gasteiger partial charge in [-0.25, -0.2) is 0 Å². The lowest BCUT2D eigenvalue weighted by molar-refractivity contribution is -0.139. The summed E-state index contributed by atoms with van der Waals surface area (Å²) in [6.45, 7) is 7.20. The second-order valence-corrected chi connectivity index (χ2v) is 6.52. The van der Waals surface area contributed by atoms with E-state index in [4.69, 9.17) is 5.11 Å². The Hall–Kier alpha value is -1.39. The third-order valence-corrected chi connectivity index (χ3v) is 4.49. The molecule has 1 unspecified atom stereocenters. The third kappa shape index (κ3) is 5.11. The van der Waals surface area contributed by atoms with Crippen LogP contribution in [-0.2, 0) is 11.3 Å². The van der Waals surface area contributed by atoms with E-state index in [2.05, 4.69) is 47.9 Å². The van der Waals surface area contributed by atoms with Gasteiger partial charge in [-0.15, -0.1) is 0 Å². The summed E-state index contributed by atoms with van der Waals surface area (Å²) in [6, 6.07) is 11.3. The molecule has 0 bridgehead atoms. The number of hydrogen-bond donors (Lipinski definition) is 1. The fourth-order valence-corrected chi connectivity index (χ4v) is 3.20. The van der Waals surface area contributed by atoms with Gasteiger partial charge in [0.25, 0.3) is 0 Å². The van der Waals surface area contributed by atoms with Gasteiger partial charge >= 0.3 is 5.97 Å². The molecule has 1 aromatic carbocycles. The van der Waals surface area contributed by atoms with E-state index in [-0.39, 0.29) is 12.6 Å². The van der Waals surface area contributed by atoms with E-state index in [1.165, 1.54) is 18.4 Å². The highest BCUT2D eigenvalue weighted by Crippen LogP contribution is 2.21. The number of nitrogens with zero attached hydrogens (tertiary/aromatic N) is 2. The number of rotatable bonds is 7. The van der Waals surface area contributed by atoms with Crippen molar-refractivity contribution in [2.45, 2.75) is 51.7 Å². The van der Waals surface area contributed by atoms with Gasteiger partial charge in [-0.05, 0) is 38.8 Å². The molecule has 1 aromatic rings. The summed E-state index contributed by atoms with van der Waals surface area (Å²) in [5, 5.41) is 9.11. The molecule has 0 aliphatic carbocycles. The van der Waals surface area contributed by atoms with Crippen LogP contribution >= 0.6 is 0 Å². The highest BCUT2D eigenvalue weighted by Gasteiger charge is 2.26. The maximum absolute atomic E-state index is 11.1. The van der Waals surface area contributed by atoms with Gasteiger partial charge in [0.15, 0.2) is 0 Å². The first-order valence-corrected chi connectivity index (χ1v) is 8.30. The van der Waals surface area contributed by atoms with Crippen LogP contribution in [0.1, 0.15) is 38.7 Å². The van der Waals surface area contributed by atoms with E-state index in [0.29, 0.717) is 6.04 Å². The molecule has 4 heteroatoms. The zero-order chi connectivity index (χ0) is 15.9. The van der Waals surface area contributed by atoms with Crippen LogP contribution in [0.5, 0.6) is 0 Å². The number of carboxylic acid groups (broad SMARTS) is 1. The lowest BCUT2D eigenvalue weighted by Crippen LogP contribution is -2.49. The third-order valence-electron chi connectivity index (χ3n) is 4.49. The van der Waals surface area contributed by atoms with Crippen molar-refractivity contribution in [3.63, 3.8) is 0 Å². The fourth-order valence-electron chi connectivity index (χ4n) is 3.20. The number of aliphatic carboxylic acids is 1. The van der Waals surface area contributed by atoms with Crippen LogP contribution in [0.3, 0.4) is 0 Å². The lowest BCUT2D eigenvalue weighted by Gasteiger charge is -2.39. The summed E-state index contributed by atoms with van der Waals surface area (Å²) in [5.41, 5.74) is 1.34. The van der Waals surface area contributed by atoms with Crippen molar-refractivity contribution >= 4 is 5.97 Å². The summed E-state index contributed by atoms with van der Waals surface area (Å²) in [7, 11) is 0. The molecular weight excluding hydrogens is 276 g/mol. The first kappa shape index (κ1) is 17.0. The molecule has 4 nitrogen and oxygen atoms in total. The van der Waals surface area contributed by atoms with E-state index in [1.807, 2.05) is 6.07 Å². The lowest BCUT2D eigenvalue weighted by atomic mass is 10.00. The largest absolute Gasteiger partial charge is 0.480 e. The quantitative estimate of drug-likeness (QED) is 0.841. The summed E-state index contributed by atoms with van der Waals surface area (Å²) >= 11 is 0. The Balaban J connectivity index is 2.00. The van der Waals surface area contributed by atoms with Crippen molar-refractivity contribution in [1.29, 1.82) is 0 Å². The normalized spacial score (nSPS) is 19.7. The van der Waals surface area contributed by atoms with Gasteiger partial charge in [0, 0.05) is 25.2 Å². The van der Waals surface area contributed by atoms with E-state index in [1.54, 1.807) is 0 Å². The van der Waals surface area contributed by atoms with Crippen LogP contribution in [0.25, 0.3) is 0 Å². The molecule has 0 radical (unpaired) electrons. The highest BCUT2D eigenvalue weighted by molar-refractivity contribution is 5.69. The first-order valence-electron chi connectivity index (χ1n) is 8.30. The number of piperidine rings is 1. The smallest absolute Gasteiger partial charge is 0.317 e. The predicted octanol–water partition coefficient (Wildman–Crippen LogP) is 2.84. The Morgan fingerprint density at radius 3 is 2.68 bits per heavy atom.